The van der Waals surface area contributed by atoms with Crippen molar-refractivity contribution in [1.82, 2.24) is 0 Å². The third kappa shape index (κ3) is 6.66. The van der Waals surface area contributed by atoms with Crippen molar-refractivity contribution in [1.29, 1.82) is 0 Å². The van der Waals surface area contributed by atoms with Gasteiger partial charge in [-0.1, -0.05) is 40.0 Å². The highest BCUT2D eigenvalue weighted by atomic mass is 14.6. The fourth-order valence-electron chi connectivity index (χ4n) is 1.40. The average molecular weight is 171 g/mol. The van der Waals surface area contributed by atoms with Gasteiger partial charge in [0.1, 0.15) is 0 Å². The smallest absolute Gasteiger partial charge is 0.00363 e. The van der Waals surface area contributed by atoms with Gasteiger partial charge in [-0.3, -0.25) is 0 Å². The predicted molar refractivity (Wildman–Crippen MR) is 56.2 cm³/mol. The summed E-state index contributed by atoms with van der Waals surface area (Å²) in [5.41, 5.74) is 5.85. The zero-order valence-corrected chi connectivity index (χ0v) is 8.97. The van der Waals surface area contributed by atoms with Crippen molar-refractivity contribution in [3.05, 3.63) is 0 Å². The molecule has 0 aromatic heterocycles. The minimum absolute atomic E-state index is 0.439. The Kier molecular flexibility index (Phi) is 7.58. The van der Waals surface area contributed by atoms with Gasteiger partial charge in [0, 0.05) is 6.04 Å². The molecule has 0 radical (unpaired) electrons. The highest BCUT2D eigenvalue weighted by Gasteiger charge is 2.04. The molecule has 2 N–H and O–H groups in total. The monoisotopic (exact) mass is 171 g/mol. The van der Waals surface area contributed by atoms with Crippen LogP contribution in [0, 0.1) is 5.92 Å². The Morgan fingerprint density at radius 2 is 1.75 bits per heavy atom. The summed E-state index contributed by atoms with van der Waals surface area (Å²) in [6.07, 6.45) is 7.73. The van der Waals surface area contributed by atoms with Crippen LogP contribution in [-0.2, 0) is 0 Å². The maximum Gasteiger partial charge on any atom is 0.00363 e. The number of rotatable bonds is 7. The van der Waals surface area contributed by atoms with Crippen LogP contribution in [0.5, 0.6) is 0 Å². The van der Waals surface area contributed by atoms with Gasteiger partial charge in [-0.15, -0.1) is 0 Å². The van der Waals surface area contributed by atoms with E-state index in [1.807, 2.05) is 0 Å². The van der Waals surface area contributed by atoms with Crippen molar-refractivity contribution >= 4 is 0 Å². The minimum atomic E-state index is 0.439. The molecule has 0 amide bonds. The van der Waals surface area contributed by atoms with Gasteiger partial charge in [0.25, 0.3) is 0 Å². The maximum atomic E-state index is 5.85. The highest BCUT2D eigenvalue weighted by molar-refractivity contribution is 4.61. The molecule has 0 saturated heterocycles. The molecule has 0 saturated carbocycles. The standard InChI is InChI=1S/C11H25N/c1-4-6-7-10(3)8-9-11(12)5-2/h10-11H,4-9,12H2,1-3H3/t10-,11+/m1/s1. The first-order chi connectivity index (χ1) is 5.70. The summed E-state index contributed by atoms with van der Waals surface area (Å²) in [7, 11) is 0. The molecule has 0 aliphatic carbocycles. The molecule has 12 heavy (non-hydrogen) atoms. The second-order valence-electron chi connectivity index (χ2n) is 3.99. The average Bonchev–Trinajstić information content (AvgIpc) is 2.10. The molecular weight excluding hydrogens is 146 g/mol. The summed E-state index contributed by atoms with van der Waals surface area (Å²) in [6.45, 7) is 6.77. The van der Waals surface area contributed by atoms with Crippen molar-refractivity contribution in [2.75, 3.05) is 0 Å². The molecule has 0 heterocycles. The Balaban J connectivity index is 3.24. The Morgan fingerprint density at radius 1 is 1.08 bits per heavy atom. The summed E-state index contributed by atoms with van der Waals surface area (Å²) in [5.74, 6) is 0.877. The third-order valence-corrected chi connectivity index (χ3v) is 2.61. The van der Waals surface area contributed by atoms with E-state index in [-0.39, 0.29) is 0 Å². The lowest BCUT2D eigenvalue weighted by Gasteiger charge is -2.13. The molecule has 1 nitrogen and oxygen atoms in total. The van der Waals surface area contributed by atoms with Gasteiger partial charge in [-0.2, -0.15) is 0 Å². The summed E-state index contributed by atoms with van der Waals surface area (Å²) in [4.78, 5) is 0. The Morgan fingerprint density at radius 3 is 2.25 bits per heavy atom. The lowest BCUT2D eigenvalue weighted by molar-refractivity contribution is 0.427. The molecule has 1 heteroatoms. The van der Waals surface area contributed by atoms with E-state index in [9.17, 15) is 0 Å². The van der Waals surface area contributed by atoms with E-state index in [4.69, 9.17) is 5.73 Å². The lowest BCUT2D eigenvalue weighted by atomic mass is 9.96. The van der Waals surface area contributed by atoms with E-state index in [0.29, 0.717) is 6.04 Å². The van der Waals surface area contributed by atoms with E-state index >= 15 is 0 Å². The van der Waals surface area contributed by atoms with Gasteiger partial charge in [0.15, 0.2) is 0 Å². The Hall–Kier alpha value is -0.0400. The van der Waals surface area contributed by atoms with Crippen LogP contribution < -0.4 is 5.73 Å². The van der Waals surface area contributed by atoms with Gasteiger partial charge in [-0.25, -0.2) is 0 Å². The Bertz CT molecular complexity index is 91.0. The SMILES string of the molecule is CCCC[C@@H](C)CC[C@@H](N)CC. The molecule has 0 aliphatic rings. The first kappa shape index (κ1) is 12.0. The summed E-state index contributed by atoms with van der Waals surface area (Å²) >= 11 is 0. The number of hydrogen-bond acceptors (Lipinski definition) is 1. The van der Waals surface area contributed by atoms with E-state index < -0.39 is 0 Å². The predicted octanol–water partition coefficient (Wildman–Crippen LogP) is 3.33. The van der Waals surface area contributed by atoms with Crippen LogP contribution in [-0.4, -0.2) is 6.04 Å². The van der Waals surface area contributed by atoms with Crippen molar-refractivity contribution < 1.29 is 0 Å². The highest BCUT2D eigenvalue weighted by Crippen LogP contribution is 2.15. The maximum absolute atomic E-state index is 5.85. The molecule has 0 aliphatic heterocycles. The Labute approximate surface area is 77.7 Å². The summed E-state index contributed by atoms with van der Waals surface area (Å²) in [6, 6.07) is 0.439. The van der Waals surface area contributed by atoms with Gasteiger partial charge >= 0.3 is 0 Å². The largest absolute Gasteiger partial charge is 0.328 e. The fraction of sp³-hybridized carbons (Fsp3) is 1.00. The van der Waals surface area contributed by atoms with Crippen molar-refractivity contribution in [3.8, 4) is 0 Å². The third-order valence-electron chi connectivity index (χ3n) is 2.61. The van der Waals surface area contributed by atoms with Crippen LogP contribution in [0.1, 0.15) is 59.3 Å². The van der Waals surface area contributed by atoms with Crippen LogP contribution in [0.3, 0.4) is 0 Å². The lowest BCUT2D eigenvalue weighted by Crippen LogP contribution is -2.19. The van der Waals surface area contributed by atoms with Gasteiger partial charge in [0.2, 0.25) is 0 Å². The van der Waals surface area contributed by atoms with Crippen molar-refractivity contribution in [3.63, 3.8) is 0 Å². The molecular formula is C11H25N. The topological polar surface area (TPSA) is 26.0 Å². The summed E-state index contributed by atoms with van der Waals surface area (Å²) in [5, 5.41) is 0. The second-order valence-corrected chi connectivity index (χ2v) is 3.99. The first-order valence-electron chi connectivity index (χ1n) is 5.46. The minimum Gasteiger partial charge on any atom is -0.328 e. The second kappa shape index (κ2) is 7.60. The van der Waals surface area contributed by atoms with E-state index in [1.165, 1.54) is 32.1 Å². The molecule has 74 valence electrons. The molecule has 2 atom stereocenters. The molecule has 0 bridgehead atoms. The van der Waals surface area contributed by atoms with Gasteiger partial charge < -0.3 is 5.73 Å². The first-order valence-corrected chi connectivity index (χ1v) is 5.46. The van der Waals surface area contributed by atoms with Crippen LogP contribution >= 0.6 is 0 Å². The molecule has 0 unspecified atom stereocenters. The molecule has 0 spiro atoms. The van der Waals surface area contributed by atoms with Gasteiger partial charge in [-0.05, 0) is 25.2 Å². The summed E-state index contributed by atoms with van der Waals surface area (Å²) < 4.78 is 0. The quantitative estimate of drug-likeness (QED) is 0.624. The van der Waals surface area contributed by atoms with E-state index in [0.717, 1.165) is 12.3 Å². The van der Waals surface area contributed by atoms with Crippen LogP contribution in [0.15, 0.2) is 0 Å². The zero-order valence-electron chi connectivity index (χ0n) is 8.97. The fourth-order valence-corrected chi connectivity index (χ4v) is 1.40. The van der Waals surface area contributed by atoms with E-state index in [1.54, 1.807) is 0 Å². The number of unbranched alkanes of at least 4 members (excludes halogenated alkanes) is 1. The van der Waals surface area contributed by atoms with Crippen molar-refractivity contribution in [2.45, 2.75) is 65.3 Å². The molecule has 0 fully saturated rings. The van der Waals surface area contributed by atoms with E-state index in [2.05, 4.69) is 20.8 Å². The van der Waals surface area contributed by atoms with Crippen molar-refractivity contribution in [2.24, 2.45) is 11.7 Å². The van der Waals surface area contributed by atoms with Crippen LogP contribution in [0.4, 0.5) is 0 Å². The van der Waals surface area contributed by atoms with Crippen LogP contribution in [0.25, 0.3) is 0 Å². The molecule has 0 aromatic carbocycles. The number of nitrogens with two attached hydrogens (primary N) is 1. The molecule has 0 aromatic rings. The number of hydrogen-bond donors (Lipinski definition) is 1. The van der Waals surface area contributed by atoms with Crippen LogP contribution in [0.2, 0.25) is 0 Å². The van der Waals surface area contributed by atoms with Gasteiger partial charge in [0.05, 0.1) is 0 Å². The normalized spacial score (nSPS) is 16.0. The zero-order chi connectivity index (χ0) is 9.40. The molecule has 0 rings (SSSR count).